The van der Waals surface area contributed by atoms with Gasteiger partial charge in [-0.05, 0) is 48.7 Å². The van der Waals surface area contributed by atoms with Crippen molar-refractivity contribution in [2.24, 2.45) is 0 Å². The molecular weight excluding hydrogens is 404 g/mol. The van der Waals surface area contributed by atoms with Crippen LogP contribution in [0.25, 0.3) is 0 Å². The Hall–Kier alpha value is -2.42. The van der Waals surface area contributed by atoms with Crippen LogP contribution in [0.4, 0.5) is 0 Å². The molecule has 2 aliphatic rings. The molecule has 30 heavy (non-hydrogen) atoms. The van der Waals surface area contributed by atoms with Gasteiger partial charge in [0, 0.05) is 26.2 Å². The van der Waals surface area contributed by atoms with E-state index in [1.165, 1.54) is 22.0 Å². The molecule has 2 aromatic rings. The fourth-order valence-corrected chi connectivity index (χ4v) is 5.23. The van der Waals surface area contributed by atoms with Crippen molar-refractivity contribution in [3.05, 3.63) is 59.7 Å². The van der Waals surface area contributed by atoms with Crippen LogP contribution in [0.1, 0.15) is 18.1 Å². The lowest BCUT2D eigenvalue weighted by molar-refractivity contribution is -0.142. The minimum absolute atomic E-state index is 0.0954. The van der Waals surface area contributed by atoms with Gasteiger partial charge in [0.25, 0.3) is 5.91 Å². The second kappa shape index (κ2) is 8.75. The summed E-state index contributed by atoms with van der Waals surface area (Å²) in [4.78, 5) is 14.4. The average Bonchev–Trinajstić information content (AvgIpc) is 2.79. The Kier molecular flexibility index (Phi) is 6.08. The topological polar surface area (TPSA) is 76.2 Å². The second-order valence-electron chi connectivity index (χ2n) is 7.53. The van der Waals surface area contributed by atoms with Gasteiger partial charge >= 0.3 is 0 Å². The molecule has 160 valence electrons. The second-order valence-corrected chi connectivity index (χ2v) is 9.46. The average molecular weight is 431 g/mol. The van der Waals surface area contributed by atoms with Gasteiger partial charge in [-0.1, -0.05) is 24.3 Å². The van der Waals surface area contributed by atoms with Gasteiger partial charge in [0.05, 0.1) is 18.1 Å². The highest BCUT2D eigenvalue weighted by Gasteiger charge is 2.28. The smallest absolute Gasteiger partial charge is 0.263 e. The number of carbonyl (C=O) groups excluding carboxylic acids is 1. The lowest BCUT2D eigenvalue weighted by Gasteiger charge is -2.29. The molecule has 0 saturated carbocycles. The highest BCUT2D eigenvalue weighted by molar-refractivity contribution is 7.89. The first-order chi connectivity index (χ1) is 14.4. The number of sulfonamides is 1. The Morgan fingerprint density at radius 1 is 1.00 bits per heavy atom. The Balaban J connectivity index is 1.42. The number of hydrogen-bond donors (Lipinski definition) is 0. The lowest BCUT2D eigenvalue weighted by Crippen LogP contribution is -2.46. The quantitative estimate of drug-likeness (QED) is 0.726. The van der Waals surface area contributed by atoms with E-state index in [4.69, 9.17) is 9.47 Å². The molecule has 0 N–H and O–H groups in total. The number of hydrogen-bond acceptors (Lipinski definition) is 5. The standard InChI is InChI=1S/C22H26N2O5S/c1-17(22(25)23-12-14-28-15-13-23)29-20-6-8-21(9-7-20)30(26,27)24-11-10-18-4-2-3-5-19(18)16-24/h2-9,17H,10-16H2,1H3/t17-/m1/s1. The molecule has 2 heterocycles. The number of ether oxygens (including phenoxy) is 2. The van der Waals surface area contributed by atoms with Gasteiger partial charge in [-0.2, -0.15) is 4.31 Å². The first kappa shape index (κ1) is 20.8. The van der Waals surface area contributed by atoms with Crippen molar-refractivity contribution < 1.29 is 22.7 Å². The summed E-state index contributed by atoms with van der Waals surface area (Å²) in [5.41, 5.74) is 2.24. The van der Waals surface area contributed by atoms with Gasteiger partial charge in [-0.15, -0.1) is 0 Å². The van der Waals surface area contributed by atoms with Crippen molar-refractivity contribution in [2.75, 3.05) is 32.8 Å². The van der Waals surface area contributed by atoms with Crippen molar-refractivity contribution in [3.8, 4) is 5.75 Å². The number of morpholine rings is 1. The molecule has 0 radical (unpaired) electrons. The minimum Gasteiger partial charge on any atom is -0.481 e. The molecule has 0 bridgehead atoms. The Morgan fingerprint density at radius 3 is 2.37 bits per heavy atom. The molecule has 1 fully saturated rings. The van der Waals surface area contributed by atoms with E-state index < -0.39 is 16.1 Å². The molecule has 4 rings (SSSR count). The lowest BCUT2D eigenvalue weighted by atomic mass is 10.0. The van der Waals surface area contributed by atoms with Crippen molar-refractivity contribution in [2.45, 2.75) is 30.9 Å². The van der Waals surface area contributed by atoms with E-state index in [0.29, 0.717) is 51.6 Å². The molecule has 0 spiro atoms. The van der Waals surface area contributed by atoms with Gasteiger partial charge in [0.15, 0.2) is 6.10 Å². The molecule has 0 aliphatic carbocycles. The molecule has 7 nitrogen and oxygen atoms in total. The Labute approximate surface area is 177 Å². The summed E-state index contributed by atoms with van der Waals surface area (Å²) < 4.78 is 38.6. The van der Waals surface area contributed by atoms with Gasteiger partial charge in [-0.3, -0.25) is 4.79 Å². The van der Waals surface area contributed by atoms with Crippen LogP contribution < -0.4 is 4.74 Å². The van der Waals surface area contributed by atoms with E-state index >= 15 is 0 Å². The maximum atomic E-state index is 13.1. The van der Waals surface area contributed by atoms with Crippen LogP contribution in [0, 0.1) is 0 Å². The molecular formula is C22H26N2O5S. The van der Waals surface area contributed by atoms with Crippen molar-refractivity contribution in [3.63, 3.8) is 0 Å². The first-order valence-corrected chi connectivity index (χ1v) is 11.6. The monoisotopic (exact) mass is 430 g/mol. The van der Waals surface area contributed by atoms with Crippen LogP contribution in [0.3, 0.4) is 0 Å². The number of carbonyl (C=O) groups is 1. The van der Waals surface area contributed by atoms with Crippen molar-refractivity contribution in [1.82, 2.24) is 9.21 Å². The zero-order valence-corrected chi connectivity index (χ0v) is 17.8. The molecule has 2 aliphatic heterocycles. The van der Waals surface area contributed by atoms with E-state index in [1.54, 1.807) is 24.0 Å². The Bertz CT molecular complexity index is 1000. The number of benzene rings is 2. The maximum absolute atomic E-state index is 13.1. The van der Waals surface area contributed by atoms with Crippen LogP contribution in [0.2, 0.25) is 0 Å². The van der Waals surface area contributed by atoms with Crippen LogP contribution in [0.5, 0.6) is 5.75 Å². The molecule has 1 saturated heterocycles. The van der Waals surface area contributed by atoms with Crippen LogP contribution in [-0.4, -0.2) is 62.5 Å². The summed E-state index contributed by atoms with van der Waals surface area (Å²) in [6, 6.07) is 14.2. The third kappa shape index (κ3) is 4.35. The zero-order chi connectivity index (χ0) is 21.1. The summed E-state index contributed by atoms with van der Waals surface area (Å²) in [7, 11) is -3.59. The number of amides is 1. The predicted molar refractivity (Wildman–Crippen MR) is 112 cm³/mol. The molecule has 1 amide bonds. The fourth-order valence-electron chi connectivity index (χ4n) is 3.81. The third-order valence-electron chi connectivity index (χ3n) is 5.54. The molecule has 0 aromatic heterocycles. The van der Waals surface area contributed by atoms with E-state index in [1.807, 2.05) is 24.3 Å². The summed E-state index contributed by atoms with van der Waals surface area (Å²) >= 11 is 0. The first-order valence-electron chi connectivity index (χ1n) is 10.2. The summed E-state index contributed by atoms with van der Waals surface area (Å²) in [6.07, 6.45) is 0.0572. The van der Waals surface area contributed by atoms with Crippen molar-refractivity contribution >= 4 is 15.9 Å². The summed E-state index contributed by atoms with van der Waals surface area (Å²) in [5.74, 6) is 0.369. The highest BCUT2D eigenvalue weighted by atomic mass is 32.2. The number of rotatable bonds is 5. The largest absolute Gasteiger partial charge is 0.481 e. The predicted octanol–water partition coefficient (Wildman–Crippen LogP) is 2.06. The summed E-state index contributed by atoms with van der Waals surface area (Å²) in [6.45, 7) is 4.72. The molecule has 8 heteroatoms. The Morgan fingerprint density at radius 2 is 1.67 bits per heavy atom. The SMILES string of the molecule is C[C@@H](Oc1ccc(S(=O)(=O)N2CCc3ccccc3C2)cc1)C(=O)N1CCOCC1. The van der Waals surface area contributed by atoms with Gasteiger partial charge in [0.1, 0.15) is 5.75 Å². The minimum atomic E-state index is -3.59. The van der Waals surface area contributed by atoms with Crippen molar-refractivity contribution in [1.29, 1.82) is 0 Å². The molecule has 0 unspecified atom stereocenters. The van der Waals surface area contributed by atoms with E-state index in [0.717, 1.165) is 5.56 Å². The number of nitrogens with zero attached hydrogens (tertiary/aromatic N) is 2. The van der Waals surface area contributed by atoms with Gasteiger partial charge < -0.3 is 14.4 Å². The zero-order valence-electron chi connectivity index (χ0n) is 17.0. The van der Waals surface area contributed by atoms with Gasteiger partial charge in [0.2, 0.25) is 10.0 Å². The maximum Gasteiger partial charge on any atom is 0.263 e. The van der Waals surface area contributed by atoms with Crippen LogP contribution >= 0.6 is 0 Å². The molecule has 2 aromatic carbocycles. The van der Waals surface area contributed by atoms with Gasteiger partial charge in [-0.25, -0.2) is 8.42 Å². The van der Waals surface area contributed by atoms with E-state index in [-0.39, 0.29) is 10.8 Å². The summed E-state index contributed by atoms with van der Waals surface area (Å²) in [5, 5.41) is 0. The van der Waals surface area contributed by atoms with Crippen LogP contribution in [0.15, 0.2) is 53.4 Å². The number of fused-ring (bicyclic) bond motifs is 1. The van der Waals surface area contributed by atoms with E-state index in [2.05, 4.69) is 0 Å². The third-order valence-corrected chi connectivity index (χ3v) is 7.40. The normalized spacial score (nSPS) is 18.5. The van der Waals surface area contributed by atoms with E-state index in [9.17, 15) is 13.2 Å². The fraction of sp³-hybridized carbons (Fsp3) is 0.409. The molecule has 1 atom stereocenters. The highest BCUT2D eigenvalue weighted by Crippen LogP contribution is 2.26. The van der Waals surface area contributed by atoms with Crippen LogP contribution in [-0.2, 0) is 32.5 Å².